The third kappa shape index (κ3) is 3.39. The summed E-state index contributed by atoms with van der Waals surface area (Å²) in [7, 11) is 1.37. The molecule has 0 amide bonds. The molecule has 1 heterocycles. The number of pyridine rings is 1. The highest BCUT2D eigenvalue weighted by Crippen LogP contribution is 2.22. The van der Waals surface area contributed by atoms with Crippen LogP contribution < -0.4 is 4.74 Å². The maximum Gasteiger partial charge on any atom is 0.414 e. The Labute approximate surface area is 84.5 Å². The van der Waals surface area contributed by atoms with Crippen LogP contribution in [-0.4, -0.2) is 29.5 Å². The topological polar surface area (TPSA) is 42.4 Å². The van der Waals surface area contributed by atoms with Gasteiger partial charge in [-0.25, -0.2) is 4.98 Å². The standard InChI is InChI=1S/C9H10F3NO2/c1-15-8-4-2-3-6(13-8)5-7(14)9(10,11)12/h2-4,7,14H,5H2,1H3. The summed E-state index contributed by atoms with van der Waals surface area (Å²) in [6.07, 6.45) is -7.58. The quantitative estimate of drug-likeness (QED) is 0.842. The zero-order chi connectivity index (χ0) is 11.5. The molecule has 6 heteroatoms. The number of rotatable bonds is 3. The van der Waals surface area contributed by atoms with Crippen molar-refractivity contribution in [2.24, 2.45) is 0 Å². The van der Waals surface area contributed by atoms with Gasteiger partial charge in [0.1, 0.15) is 0 Å². The fraction of sp³-hybridized carbons (Fsp3) is 0.444. The van der Waals surface area contributed by atoms with Gasteiger partial charge in [-0.05, 0) is 6.07 Å². The van der Waals surface area contributed by atoms with Gasteiger partial charge < -0.3 is 9.84 Å². The van der Waals surface area contributed by atoms with E-state index in [9.17, 15) is 13.2 Å². The Balaban J connectivity index is 2.72. The van der Waals surface area contributed by atoms with Crippen LogP contribution in [0.2, 0.25) is 0 Å². The normalized spacial score (nSPS) is 13.7. The molecular weight excluding hydrogens is 211 g/mol. The van der Waals surface area contributed by atoms with Gasteiger partial charge in [0.05, 0.1) is 7.11 Å². The van der Waals surface area contributed by atoms with Crippen molar-refractivity contribution < 1.29 is 23.0 Å². The van der Waals surface area contributed by atoms with Crippen molar-refractivity contribution in [1.29, 1.82) is 0 Å². The van der Waals surface area contributed by atoms with Crippen LogP contribution in [0.3, 0.4) is 0 Å². The van der Waals surface area contributed by atoms with Crippen molar-refractivity contribution >= 4 is 0 Å². The molecular formula is C9H10F3NO2. The molecule has 3 nitrogen and oxygen atoms in total. The average molecular weight is 221 g/mol. The first-order valence-electron chi connectivity index (χ1n) is 4.18. The van der Waals surface area contributed by atoms with E-state index >= 15 is 0 Å². The number of aliphatic hydroxyl groups is 1. The first-order valence-corrected chi connectivity index (χ1v) is 4.18. The molecule has 0 saturated carbocycles. The van der Waals surface area contributed by atoms with Crippen molar-refractivity contribution in [3.63, 3.8) is 0 Å². The van der Waals surface area contributed by atoms with Crippen LogP contribution in [0, 0.1) is 0 Å². The Morgan fingerprint density at radius 3 is 2.67 bits per heavy atom. The van der Waals surface area contributed by atoms with Crippen LogP contribution in [-0.2, 0) is 6.42 Å². The van der Waals surface area contributed by atoms with E-state index in [1.165, 1.54) is 25.3 Å². The van der Waals surface area contributed by atoms with E-state index in [4.69, 9.17) is 9.84 Å². The van der Waals surface area contributed by atoms with Crippen LogP contribution in [0.5, 0.6) is 5.88 Å². The zero-order valence-corrected chi connectivity index (χ0v) is 7.95. The summed E-state index contributed by atoms with van der Waals surface area (Å²) >= 11 is 0. The average Bonchev–Trinajstić information content (AvgIpc) is 2.16. The Bertz CT molecular complexity index is 327. The van der Waals surface area contributed by atoms with Gasteiger partial charge in [0, 0.05) is 18.2 Å². The van der Waals surface area contributed by atoms with Crippen molar-refractivity contribution in [1.82, 2.24) is 4.98 Å². The molecule has 1 unspecified atom stereocenters. The summed E-state index contributed by atoms with van der Waals surface area (Å²) in [6, 6.07) is 4.44. The number of methoxy groups -OCH3 is 1. The van der Waals surface area contributed by atoms with Gasteiger partial charge in [-0.1, -0.05) is 6.07 Å². The fourth-order valence-corrected chi connectivity index (χ4v) is 0.999. The molecule has 0 fully saturated rings. The predicted octanol–water partition coefficient (Wildman–Crippen LogP) is 1.56. The van der Waals surface area contributed by atoms with Gasteiger partial charge in [-0.2, -0.15) is 13.2 Å². The van der Waals surface area contributed by atoms with E-state index in [0.29, 0.717) is 0 Å². The lowest BCUT2D eigenvalue weighted by Crippen LogP contribution is -2.30. The minimum Gasteiger partial charge on any atom is -0.481 e. The van der Waals surface area contributed by atoms with E-state index in [2.05, 4.69) is 4.98 Å². The van der Waals surface area contributed by atoms with Crippen molar-refractivity contribution in [3.05, 3.63) is 23.9 Å². The largest absolute Gasteiger partial charge is 0.481 e. The van der Waals surface area contributed by atoms with Crippen LogP contribution in [0.15, 0.2) is 18.2 Å². The maximum absolute atomic E-state index is 12.0. The number of hydrogen-bond acceptors (Lipinski definition) is 3. The van der Waals surface area contributed by atoms with E-state index in [1.54, 1.807) is 0 Å². The van der Waals surface area contributed by atoms with Gasteiger partial charge in [-0.3, -0.25) is 0 Å². The van der Waals surface area contributed by atoms with Crippen molar-refractivity contribution in [2.75, 3.05) is 7.11 Å². The number of nitrogens with zero attached hydrogens (tertiary/aromatic N) is 1. The van der Waals surface area contributed by atoms with E-state index in [1.807, 2.05) is 0 Å². The molecule has 1 atom stereocenters. The Morgan fingerprint density at radius 1 is 1.47 bits per heavy atom. The summed E-state index contributed by atoms with van der Waals surface area (Å²) in [5, 5.41) is 8.80. The highest BCUT2D eigenvalue weighted by Gasteiger charge is 2.38. The van der Waals surface area contributed by atoms with Gasteiger partial charge in [0.2, 0.25) is 5.88 Å². The van der Waals surface area contributed by atoms with Crippen LogP contribution in [0.1, 0.15) is 5.69 Å². The van der Waals surface area contributed by atoms with E-state index < -0.39 is 18.7 Å². The molecule has 1 N–H and O–H groups in total. The highest BCUT2D eigenvalue weighted by molar-refractivity contribution is 5.16. The molecule has 84 valence electrons. The lowest BCUT2D eigenvalue weighted by molar-refractivity contribution is -0.203. The number of hydrogen-bond donors (Lipinski definition) is 1. The maximum atomic E-state index is 12.0. The second-order valence-corrected chi connectivity index (χ2v) is 2.93. The summed E-state index contributed by atoms with van der Waals surface area (Å²) < 4.78 is 40.8. The first-order chi connectivity index (χ1) is 6.93. The molecule has 0 aliphatic rings. The van der Waals surface area contributed by atoms with Gasteiger partial charge in [0.25, 0.3) is 0 Å². The summed E-state index contributed by atoms with van der Waals surface area (Å²) in [6.45, 7) is 0. The first kappa shape index (κ1) is 11.8. The number of alkyl halides is 3. The second kappa shape index (κ2) is 4.48. The third-order valence-corrected chi connectivity index (χ3v) is 1.77. The number of aromatic nitrogens is 1. The molecule has 0 aliphatic carbocycles. The highest BCUT2D eigenvalue weighted by atomic mass is 19.4. The molecule has 15 heavy (non-hydrogen) atoms. The number of aliphatic hydroxyl groups excluding tert-OH is 1. The second-order valence-electron chi connectivity index (χ2n) is 2.93. The summed E-state index contributed by atoms with van der Waals surface area (Å²) in [5.41, 5.74) is 0.138. The Hall–Kier alpha value is -1.30. The molecule has 1 aromatic rings. The molecule has 0 aliphatic heterocycles. The smallest absolute Gasteiger partial charge is 0.414 e. The van der Waals surface area contributed by atoms with E-state index in [0.717, 1.165) is 0 Å². The van der Waals surface area contributed by atoms with E-state index in [-0.39, 0.29) is 11.6 Å². The van der Waals surface area contributed by atoms with Crippen LogP contribution >= 0.6 is 0 Å². The molecule has 0 bridgehead atoms. The predicted molar refractivity (Wildman–Crippen MR) is 46.6 cm³/mol. The Morgan fingerprint density at radius 2 is 2.13 bits per heavy atom. The van der Waals surface area contributed by atoms with Gasteiger partial charge in [0.15, 0.2) is 6.10 Å². The Kier molecular flexibility index (Phi) is 3.52. The van der Waals surface area contributed by atoms with Crippen LogP contribution in [0.25, 0.3) is 0 Å². The minimum atomic E-state index is -4.62. The molecule has 0 spiro atoms. The fourth-order valence-electron chi connectivity index (χ4n) is 0.999. The van der Waals surface area contributed by atoms with Crippen molar-refractivity contribution in [3.8, 4) is 5.88 Å². The zero-order valence-electron chi connectivity index (χ0n) is 7.95. The SMILES string of the molecule is COc1cccc(CC(O)C(F)(F)F)n1. The lowest BCUT2D eigenvalue weighted by Gasteiger charge is -2.13. The number of ether oxygens (including phenoxy) is 1. The van der Waals surface area contributed by atoms with Gasteiger partial charge >= 0.3 is 6.18 Å². The monoisotopic (exact) mass is 221 g/mol. The number of halogens is 3. The third-order valence-electron chi connectivity index (χ3n) is 1.77. The molecule has 0 saturated heterocycles. The minimum absolute atomic E-state index is 0.138. The molecule has 1 rings (SSSR count). The lowest BCUT2D eigenvalue weighted by atomic mass is 10.2. The van der Waals surface area contributed by atoms with Crippen LogP contribution in [0.4, 0.5) is 13.2 Å². The summed E-state index contributed by atoms with van der Waals surface area (Å²) in [5.74, 6) is 0.224. The molecule has 0 radical (unpaired) electrons. The molecule has 1 aromatic heterocycles. The summed E-state index contributed by atoms with van der Waals surface area (Å²) in [4.78, 5) is 3.76. The van der Waals surface area contributed by atoms with Crippen molar-refractivity contribution in [2.45, 2.75) is 18.7 Å². The molecule has 0 aromatic carbocycles. The van der Waals surface area contributed by atoms with Gasteiger partial charge in [-0.15, -0.1) is 0 Å².